The number of hydrogen-bond acceptors (Lipinski definition) is 4. The lowest BCUT2D eigenvalue weighted by Crippen LogP contribution is -2.48. The van der Waals surface area contributed by atoms with Crippen LogP contribution in [-0.4, -0.2) is 66.4 Å². The Bertz CT molecular complexity index is 893. The summed E-state index contributed by atoms with van der Waals surface area (Å²) in [6.45, 7) is 5.91. The van der Waals surface area contributed by atoms with Crippen LogP contribution in [0.15, 0.2) is 36.4 Å². The first kappa shape index (κ1) is 22.2. The molecule has 0 amide bonds. The number of fused-ring (bicyclic) bond motifs is 1. The molecule has 3 fully saturated rings. The summed E-state index contributed by atoms with van der Waals surface area (Å²) in [5.41, 5.74) is 0.721. The Hall–Kier alpha value is -1.62. The zero-order valence-corrected chi connectivity index (χ0v) is 19.8. The van der Waals surface area contributed by atoms with E-state index >= 15 is 0 Å². The fraction of sp³-hybridized carbons (Fsp3) is 0.643. The summed E-state index contributed by atoms with van der Waals surface area (Å²) in [4.78, 5) is 5.36. The second kappa shape index (κ2) is 9.70. The van der Waals surface area contributed by atoms with Crippen LogP contribution in [-0.2, 0) is 0 Å². The van der Waals surface area contributed by atoms with Gasteiger partial charge < -0.3 is 19.6 Å². The van der Waals surface area contributed by atoms with E-state index in [2.05, 4.69) is 40.1 Å². The van der Waals surface area contributed by atoms with E-state index in [-0.39, 0.29) is 5.92 Å². The topological polar surface area (TPSA) is 35.9 Å². The Morgan fingerprint density at radius 1 is 0.906 bits per heavy atom. The Morgan fingerprint density at radius 2 is 1.59 bits per heavy atom. The van der Waals surface area contributed by atoms with Gasteiger partial charge in [0.15, 0.2) is 0 Å². The summed E-state index contributed by atoms with van der Waals surface area (Å²) >= 11 is 0. The van der Waals surface area contributed by atoms with Gasteiger partial charge in [0.25, 0.3) is 0 Å². The van der Waals surface area contributed by atoms with E-state index in [9.17, 15) is 5.11 Å². The minimum absolute atomic E-state index is 0.178. The molecule has 3 aliphatic rings. The summed E-state index contributed by atoms with van der Waals surface area (Å²) in [5.74, 6) is 1.08. The maximum Gasteiger partial charge on any atom is 0.119 e. The first-order valence-corrected chi connectivity index (χ1v) is 12.9. The molecule has 2 aliphatic heterocycles. The summed E-state index contributed by atoms with van der Waals surface area (Å²) in [6.07, 6.45) is 10.7. The van der Waals surface area contributed by atoms with Crippen molar-refractivity contribution in [3.05, 3.63) is 42.0 Å². The van der Waals surface area contributed by atoms with Gasteiger partial charge in [0.05, 0.1) is 12.7 Å². The number of piperidine rings is 1. The maximum atomic E-state index is 11.8. The van der Waals surface area contributed by atoms with Crippen molar-refractivity contribution in [2.45, 2.75) is 75.3 Å². The molecule has 1 atom stereocenters. The van der Waals surface area contributed by atoms with Gasteiger partial charge in [-0.25, -0.2) is 0 Å². The summed E-state index contributed by atoms with van der Waals surface area (Å²) in [5, 5.41) is 14.3. The van der Waals surface area contributed by atoms with Crippen molar-refractivity contribution >= 4 is 10.8 Å². The number of likely N-dealkylation sites (tertiary alicyclic amines) is 2. The molecule has 1 aliphatic carbocycles. The second-order valence-electron chi connectivity index (χ2n) is 10.5. The number of benzene rings is 2. The molecule has 1 saturated carbocycles. The maximum absolute atomic E-state index is 11.8. The van der Waals surface area contributed by atoms with Crippen molar-refractivity contribution in [2.75, 3.05) is 39.8 Å². The van der Waals surface area contributed by atoms with Crippen LogP contribution < -0.4 is 4.74 Å². The van der Waals surface area contributed by atoms with Gasteiger partial charge >= 0.3 is 0 Å². The minimum Gasteiger partial charge on any atom is -0.497 e. The molecule has 0 spiro atoms. The molecule has 174 valence electrons. The van der Waals surface area contributed by atoms with Crippen LogP contribution in [0, 0.1) is 0 Å². The Labute approximate surface area is 193 Å². The molecule has 2 saturated heterocycles. The van der Waals surface area contributed by atoms with E-state index in [1.807, 2.05) is 6.07 Å². The molecular weight excluding hydrogens is 396 g/mol. The molecule has 0 aromatic heterocycles. The molecule has 4 nitrogen and oxygen atoms in total. The van der Waals surface area contributed by atoms with Crippen molar-refractivity contribution in [1.29, 1.82) is 0 Å². The Balaban J connectivity index is 1.36. The normalized spacial score (nSPS) is 24.1. The van der Waals surface area contributed by atoms with E-state index < -0.39 is 5.60 Å². The van der Waals surface area contributed by atoms with E-state index in [4.69, 9.17) is 4.74 Å². The minimum atomic E-state index is -0.579. The van der Waals surface area contributed by atoms with Crippen LogP contribution >= 0.6 is 0 Å². The molecule has 5 rings (SSSR count). The van der Waals surface area contributed by atoms with Gasteiger partial charge in [0, 0.05) is 18.5 Å². The monoisotopic (exact) mass is 436 g/mol. The number of ether oxygens (including phenoxy) is 1. The fourth-order valence-electron chi connectivity index (χ4n) is 6.52. The van der Waals surface area contributed by atoms with Crippen LogP contribution in [0.1, 0.15) is 69.3 Å². The lowest BCUT2D eigenvalue weighted by atomic mass is 9.72. The first-order chi connectivity index (χ1) is 15.6. The van der Waals surface area contributed by atoms with Gasteiger partial charge in [-0.3, -0.25) is 0 Å². The molecule has 2 heterocycles. The molecular formula is C28H40N2O2. The number of rotatable bonds is 6. The molecule has 1 N–H and O–H groups in total. The standard InChI is InChI=1S/C28H40N2O2/c1-32-26-10-9-22-19-24(8-7-23(22)20-26)27(28(31)13-3-2-4-14-28)21-29-17-11-25(12-18-29)30-15-5-6-16-30/h7-10,19-20,25,27,31H,2-6,11-18,21H2,1H3. The number of nitrogens with zero attached hydrogens (tertiary/aromatic N) is 2. The van der Waals surface area contributed by atoms with E-state index in [0.29, 0.717) is 0 Å². The Kier molecular flexibility index (Phi) is 6.73. The third-order valence-electron chi connectivity index (χ3n) is 8.50. The quantitative estimate of drug-likeness (QED) is 0.676. The van der Waals surface area contributed by atoms with Crippen molar-refractivity contribution in [3.8, 4) is 5.75 Å². The van der Waals surface area contributed by atoms with E-state index in [0.717, 1.165) is 44.0 Å². The largest absolute Gasteiger partial charge is 0.497 e. The lowest BCUT2D eigenvalue weighted by molar-refractivity contribution is -0.0338. The third-order valence-corrected chi connectivity index (χ3v) is 8.50. The van der Waals surface area contributed by atoms with Gasteiger partial charge in [-0.1, -0.05) is 43.5 Å². The van der Waals surface area contributed by atoms with Crippen LogP contribution in [0.5, 0.6) is 5.75 Å². The van der Waals surface area contributed by atoms with Crippen molar-refractivity contribution < 1.29 is 9.84 Å². The smallest absolute Gasteiger partial charge is 0.119 e. The van der Waals surface area contributed by atoms with Gasteiger partial charge in [-0.05, 0) is 93.2 Å². The number of aliphatic hydroxyl groups is 1. The highest BCUT2D eigenvalue weighted by Gasteiger charge is 2.40. The highest BCUT2D eigenvalue weighted by atomic mass is 16.5. The highest BCUT2D eigenvalue weighted by Crippen LogP contribution is 2.41. The molecule has 1 unspecified atom stereocenters. The number of hydrogen-bond donors (Lipinski definition) is 1. The van der Waals surface area contributed by atoms with Crippen LogP contribution in [0.2, 0.25) is 0 Å². The predicted molar refractivity (Wildman–Crippen MR) is 132 cm³/mol. The Morgan fingerprint density at radius 3 is 2.31 bits per heavy atom. The van der Waals surface area contributed by atoms with E-state index in [1.165, 1.54) is 74.6 Å². The van der Waals surface area contributed by atoms with Gasteiger partial charge in [-0.2, -0.15) is 0 Å². The summed E-state index contributed by atoms with van der Waals surface area (Å²) < 4.78 is 5.41. The number of methoxy groups -OCH3 is 1. The average Bonchev–Trinajstić information content (AvgIpc) is 3.38. The predicted octanol–water partition coefficient (Wildman–Crippen LogP) is 5.19. The molecule has 0 bridgehead atoms. The molecule has 0 radical (unpaired) electrons. The third kappa shape index (κ3) is 4.69. The zero-order chi connectivity index (χ0) is 22.0. The van der Waals surface area contributed by atoms with Gasteiger partial charge in [0.2, 0.25) is 0 Å². The zero-order valence-electron chi connectivity index (χ0n) is 19.8. The highest BCUT2D eigenvalue weighted by molar-refractivity contribution is 5.84. The van der Waals surface area contributed by atoms with Crippen molar-refractivity contribution in [1.82, 2.24) is 9.80 Å². The molecule has 32 heavy (non-hydrogen) atoms. The van der Waals surface area contributed by atoms with Crippen molar-refractivity contribution in [3.63, 3.8) is 0 Å². The lowest BCUT2D eigenvalue weighted by Gasteiger charge is -2.44. The van der Waals surface area contributed by atoms with Gasteiger partial charge in [0.1, 0.15) is 5.75 Å². The average molecular weight is 437 g/mol. The SMILES string of the molecule is COc1ccc2cc(C(CN3CCC(N4CCCC4)CC3)C3(O)CCCCC3)ccc2c1. The van der Waals surface area contributed by atoms with E-state index in [1.54, 1.807) is 7.11 Å². The summed E-state index contributed by atoms with van der Waals surface area (Å²) in [6, 6.07) is 13.9. The van der Waals surface area contributed by atoms with Crippen LogP contribution in [0.4, 0.5) is 0 Å². The second-order valence-corrected chi connectivity index (χ2v) is 10.5. The van der Waals surface area contributed by atoms with Gasteiger partial charge in [-0.15, -0.1) is 0 Å². The molecule has 4 heteroatoms. The van der Waals surface area contributed by atoms with Crippen molar-refractivity contribution in [2.24, 2.45) is 0 Å². The first-order valence-electron chi connectivity index (χ1n) is 12.9. The molecule has 2 aromatic rings. The van der Waals surface area contributed by atoms with Crippen LogP contribution in [0.3, 0.4) is 0 Å². The molecule has 2 aromatic carbocycles. The van der Waals surface area contributed by atoms with Crippen LogP contribution in [0.25, 0.3) is 10.8 Å². The fourth-order valence-corrected chi connectivity index (χ4v) is 6.52. The summed E-state index contributed by atoms with van der Waals surface area (Å²) in [7, 11) is 1.72.